The van der Waals surface area contributed by atoms with Crippen LogP contribution in [0.15, 0.2) is 35.7 Å². The molecule has 1 saturated heterocycles. The first-order valence-corrected chi connectivity index (χ1v) is 10.7. The Bertz CT molecular complexity index is 934. The second-order valence-electron chi connectivity index (χ2n) is 6.93. The zero-order valence-corrected chi connectivity index (χ0v) is 16.9. The van der Waals surface area contributed by atoms with Crippen molar-refractivity contribution < 1.29 is 13.2 Å². The van der Waals surface area contributed by atoms with Crippen molar-refractivity contribution in [2.24, 2.45) is 5.92 Å². The number of anilines is 1. The highest BCUT2D eigenvalue weighted by molar-refractivity contribution is 7.89. The quantitative estimate of drug-likeness (QED) is 0.821. The molecule has 9 heteroatoms. The van der Waals surface area contributed by atoms with Gasteiger partial charge < -0.3 is 9.88 Å². The summed E-state index contributed by atoms with van der Waals surface area (Å²) in [6.45, 7) is 4.92. The lowest BCUT2D eigenvalue weighted by atomic mass is 10.0. The molecule has 1 aliphatic heterocycles. The number of sulfonamides is 1. The number of imidazole rings is 1. The lowest BCUT2D eigenvalue weighted by Crippen LogP contribution is -2.38. The van der Waals surface area contributed by atoms with Crippen molar-refractivity contribution in [2.45, 2.75) is 38.3 Å². The summed E-state index contributed by atoms with van der Waals surface area (Å²) in [5, 5.41) is 3.33. The van der Waals surface area contributed by atoms with Gasteiger partial charge in [0.05, 0.1) is 6.33 Å². The molecule has 7 nitrogen and oxygen atoms in total. The number of hydrogen-bond donors (Lipinski definition) is 1. The van der Waals surface area contributed by atoms with E-state index >= 15 is 0 Å². The van der Waals surface area contributed by atoms with E-state index in [1.807, 2.05) is 6.92 Å². The third kappa shape index (κ3) is 4.51. The summed E-state index contributed by atoms with van der Waals surface area (Å²) in [6.07, 6.45) is 4.46. The van der Waals surface area contributed by atoms with E-state index in [4.69, 9.17) is 11.6 Å². The maximum atomic E-state index is 12.7. The maximum absolute atomic E-state index is 12.7. The van der Waals surface area contributed by atoms with Gasteiger partial charge in [0.1, 0.15) is 6.54 Å². The van der Waals surface area contributed by atoms with Crippen molar-refractivity contribution in [1.82, 2.24) is 13.9 Å². The molecular weight excluding hydrogens is 388 g/mol. The molecule has 0 saturated carbocycles. The Morgan fingerprint density at radius 2 is 2.04 bits per heavy atom. The maximum Gasteiger partial charge on any atom is 0.262 e. The lowest BCUT2D eigenvalue weighted by Gasteiger charge is -2.28. The molecule has 0 spiro atoms. The highest BCUT2D eigenvalue weighted by Crippen LogP contribution is 2.24. The van der Waals surface area contributed by atoms with Crippen LogP contribution in [0.1, 0.15) is 25.3 Å². The number of nitrogens with one attached hydrogen (secondary N) is 1. The summed E-state index contributed by atoms with van der Waals surface area (Å²) in [7, 11) is -3.62. The van der Waals surface area contributed by atoms with E-state index in [0.717, 1.165) is 18.4 Å². The number of aromatic nitrogens is 2. The van der Waals surface area contributed by atoms with Crippen molar-refractivity contribution in [3.8, 4) is 0 Å². The Balaban J connectivity index is 1.67. The topological polar surface area (TPSA) is 84.3 Å². The highest BCUT2D eigenvalue weighted by Gasteiger charge is 2.29. The number of nitrogens with zero attached hydrogens (tertiary/aromatic N) is 3. The Morgan fingerprint density at radius 1 is 1.33 bits per heavy atom. The number of carbonyl (C=O) groups is 1. The molecule has 0 bridgehead atoms. The first kappa shape index (κ1) is 19.9. The number of halogens is 1. The molecule has 0 radical (unpaired) electrons. The molecule has 1 fully saturated rings. The van der Waals surface area contributed by atoms with E-state index in [2.05, 4.69) is 17.2 Å². The summed E-state index contributed by atoms with van der Waals surface area (Å²) in [4.78, 5) is 16.3. The third-order valence-electron chi connectivity index (χ3n) is 4.82. The van der Waals surface area contributed by atoms with E-state index < -0.39 is 10.0 Å². The van der Waals surface area contributed by atoms with Crippen LogP contribution in [0.25, 0.3) is 0 Å². The zero-order valence-electron chi connectivity index (χ0n) is 15.4. The minimum Gasteiger partial charge on any atom is -0.327 e. The third-order valence-corrected chi connectivity index (χ3v) is 7.02. The predicted molar refractivity (Wildman–Crippen MR) is 104 cm³/mol. The number of carbonyl (C=O) groups excluding carboxylic acids is 1. The molecule has 146 valence electrons. The second kappa shape index (κ2) is 8.00. The fourth-order valence-corrected chi connectivity index (χ4v) is 4.59. The van der Waals surface area contributed by atoms with Crippen LogP contribution in [0.3, 0.4) is 0 Å². The molecule has 2 heterocycles. The molecule has 1 aromatic heterocycles. The molecular formula is C18H23ClN4O3S. The van der Waals surface area contributed by atoms with Crippen LogP contribution in [-0.2, 0) is 21.4 Å². The normalized spacial score (nSPS) is 16.4. The molecule has 1 N–H and O–H groups in total. The minimum atomic E-state index is -3.62. The van der Waals surface area contributed by atoms with Crippen molar-refractivity contribution in [1.29, 1.82) is 0 Å². The average molecular weight is 411 g/mol. The molecule has 0 atom stereocenters. The van der Waals surface area contributed by atoms with Crippen molar-refractivity contribution >= 4 is 33.2 Å². The fraction of sp³-hybridized carbons (Fsp3) is 0.444. The Hall–Kier alpha value is -1.90. The number of rotatable bonds is 5. The molecule has 1 aromatic carbocycles. The SMILES string of the molecule is Cc1c(Cl)cccc1NC(=O)Cn1cnc(S(=O)(=O)N2CCC(C)CC2)c1. The van der Waals surface area contributed by atoms with Gasteiger partial charge in [0.2, 0.25) is 5.91 Å². The van der Waals surface area contributed by atoms with E-state index in [1.165, 1.54) is 21.4 Å². The molecule has 2 aromatic rings. The molecule has 3 rings (SSSR count). The zero-order chi connectivity index (χ0) is 19.6. The first-order chi connectivity index (χ1) is 12.8. The van der Waals surface area contributed by atoms with Crippen LogP contribution in [-0.4, -0.2) is 41.3 Å². The van der Waals surface area contributed by atoms with Gasteiger partial charge in [0.15, 0.2) is 5.03 Å². The highest BCUT2D eigenvalue weighted by atomic mass is 35.5. The summed E-state index contributed by atoms with van der Waals surface area (Å²) in [5.41, 5.74) is 1.41. The predicted octanol–water partition coefficient (Wildman–Crippen LogP) is 2.90. The molecule has 1 amide bonds. The van der Waals surface area contributed by atoms with Crippen LogP contribution in [0, 0.1) is 12.8 Å². The van der Waals surface area contributed by atoms with Gasteiger partial charge in [-0.05, 0) is 43.4 Å². The number of hydrogen-bond acceptors (Lipinski definition) is 4. The minimum absolute atomic E-state index is 0.0243. The van der Waals surface area contributed by atoms with Gasteiger partial charge in [0, 0.05) is 30.0 Å². The van der Waals surface area contributed by atoms with Gasteiger partial charge >= 0.3 is 0 Å². The molecule has 0 aliphatic carbocycles. The van der Waals surface area contributed by atoms with E-state index in [-0.39, 0.29) is 17.5 Å². The smallest absolute Gasteiger partial charge is 0.262 e. The van der Waals surface area contributed by atoms with Gasteiger partial charge in [-0.15, -0.1) is 0 Å². The van der Waals surface area contributed by atoms with Crippen molar-refractivity contribution in [3.63, 3.8) is 0 Å². The van der Waals surface area contributed by atoms with Crippen molar-refractivity contribution in [3.05, 3.63) is 41.3 Å². The summed E-state index contributed by atoms with van der Waals surface area (Å²) in [6, 6.07) is 5.27. The molecule has 27 heavy (non-hydrogen) atoms. The number of piperidine rings is 1. The summed E-state index contributed by atoms with van der Waals surface area (Å²) < 4.78 is 28.3. The van der Waals surface area contributed by atoms with Crippen molar-refractivity contribution in [2.75, 3.05) is 18.4 Å². The average Bonchev–Trinajstić information content (AvgIpc) is 3.08. The van der Waals surface area contributed by atoms with E-state index in [0.29, 0.717) is 29.7 Å². The number of amides is 1. The van der Waals surface area contributed by atoms with Gasteiger partial charge in [-0.3, -0.25) is 4.79 Å². The van der Waals surface area contributed by atoms with E-state index in [9.17, 15) is 13.2 Å². The van der Waals surface area contributed by atoms with E-state index in [1.54, 1.807) is 18.2 Å². The van der Waals surface area contributed by atoms with Gasteiger partial charge in [0.25, 0.3) is 10.0 Å². The van der Waals surface area contributed by atoms with Crippen LogP contribution in [0.2, 0.25) is 5.02 Å². The van der Waals surface area contributed by atoms with Gasteiger partial charge in [-0.2, -0.15) is 4.31 Å². The fourth-order valence-electron chi connectivity index (χ4n) is 3.02. The summed E-state index contributed by atoms with van der Waals surface area (Å²) in [5.74, 6) is 0.251. The standard InChI is InChI=1S/C18H23ClN4O3S/c1-13-6-8-23(9-7-13)27(25,26)18-11-22(12-20-18)10-17(24)21-16-5-3-4-15(19)14(16)2/h3-5,11-13H,6-10H2,1-2H3,(H,21,24). The van der Waals surface area contributed by atoms with Crippen LogP contribution < -0.4 is 5.32 Å². The molecule has 0 unspecified atom stereocenters. The van der Waals surface area contributed by atoms with Gasteiger partial charge in [-0.25, -0.2) is 13.4 Å². The Kier molecular flexibility index (Phi) is 5.88. The first-order valence-electron chi connectivity index (χ1n) is 8.84. The second-order valence-corrected chi connectivity index (χ2v) is 9.22. The Labute approximate surface area is 164 Å². The van der Waals surface area contributed by atoms with Crippen LogP contribution >= 0.6 is 11.6 Å². The van der Waals surface area contributed by atoms with Gasteiger partial charge in [-0.1, -0.05) is 24.6 Å². The summed E-state index contributed by atoms with van der Waals surface area (Å²) >= 11 is 6.06. The number of benzene rings is 1. The Morgan fingerprint density at radius 3 is 2.74 bits per heavy atom. The molecule has 1 aliphatic rings. The van der Waals surface area contributed by atoms with Crippen LogP contribution in [0.5, 0.6) is 0 Å². The van der Waals surface area contributed by atoms with Crippen LogP contribution in [0.4, 0.5) is 5.69 Å². The largest absolute Gasteiger partial charge is 0.327 e. The monoisotopic (exact) mass is 410 g/mol. The lowest BCUT2D eigenvalue weighted by molar-refractivity contribution is -0.116.